The Morgan fingerprint density at radius 3 is 2.81 bits per heavy atom. The van der Waals surface area contributed by atoms with E-state index < -0.39 is 4.92 Å². The Morgan fingerprint density at radius 2 is 2.19 bits per heavy atom. The first-order valence-corrected chi connectivity index (χ1v) is 5.21. The van der Waals surface area contributed by atoms with Gasteiger partial charge >= 0.3 is 5.69 Å². The molecule has 0 aliphatic heterocycles. The maximum atomic E-state index is 10.7. The number of rotatable bonds is 6. The average molecular weight is 224 g/mol. The molecule has 0 saturated carbocycles. The van der Waals surface area contributed by atoms with Crippen molar-refractivity contribution < 1.29 is 4.92 Å². The lowest BCUT2D eigenvalue weighted by molar-refractivity contribution is -0.384. The molecule has 0 aliphatic rings. The minimum atomic E-state index is -0.429. The molecule has 0 bridgehead atoms. The highest BCUT2D eigenvalue weighted by atomic mass is 16.6. The van der Waals surface area contributed by atoms with Gasteiger partial charge in [0.05, 0.1) is 4.92 Å². The summed E-state index contributed by atoms with van der Waals surface area (Å²) < 4.78 is 0. The van der Waals surface area contributed by atoms with Crippen LogP contribution in [0.5, 0.6) is 0 Å². The lowest BCUT2D eigenvalue weighted by atomic mass is 10.3. The van der Waals surface area contributed by atoms with Gasteiger partial charge in [0.15, 0.2) is 0 Å². The Kier molecular flexibility index (Phi) is 4.65. The Balaban J connectivity index is 2.68. The minimum Gasteiger partial charge on any atom is -0.363 e. The highest BCUT2D eigenvalue weighted by Gasteiger charge is 2.14. The van der Waals surface area contributed by atoms with Crippen LogP contribution in [0.1, 0.15) is 12.6 Å². The molecule has 2 N–H and O–H groups in total. The summed E-state index contributed by atoms with van der Waals surface area (Å²) in [5, 5.41) is 16.8. The van der Waals surface area contributed by atoms with Crippen LogP contribution in [0, 0.1) is 17.0 Å². The van der Waals surface area contributed by atoms with E-state index >= 15 is 0 Å². The molecular formula is C10H16N4O2. The molecule has 0 unspecified atom stereocenters. The summed E-state index contributed by atoms with van der Waals surface area (Å²) in [6.07, 6.45) is 0. The summed E-state index contributed by atoms with van der Waals surface area (Å²) in [6.45, 7) is 6.06. The first kappa shape index (κ1) is 12.4. The van der Waals surface area contributed by atoms with Gasteiger partial charge in [-0.25, -0.2) is 4.98 Å². The van der Waals surface area contributed by atoms with Crippen molar-refractivity contribution >= 4 is 11.5 Å². The highest BCUT2D eigenvalue weighted by molar-refractivity contribution is 5.55. The number of nitrogens with zero attached hydrogens (tertiary/aromatic N) is 2. The van der Waals surface area contributed by atoms with Crippen molar-refractivity contribution in [2.75, 3.05) is 25.0 Å². The van der Waals surface area contributed by atoms with E-state index in [-0.39, 0.29) is 5.69 Å². The second-order valence-corrected chi connectivity index (χ2v) is 3.36. The van der Waals surface area contributed by atoms with Crippen LogP contribution in [0.4, 0.5) is 11.5 Å². The summed E-state index contributed by atoms with van der Waals surface area (Å²) in [6, 6.07) is 3.10. The zero-order chi connectivity index (χ0) is 12.0. The fourth-order valence-electron chi connectivity index (χ4n) is 1.27. The van der Waals surface area contributed by atoms with Crippen molar-refractivity contribution in [3.05, 3.63) is 27.9 Å². The molecule has 0 radical (unpaired) electrons. The van der Waals surface area contributed by atoms with Crippen molar-refractivity contribution in [3.63, 3.8) is 0 Å². The average Bonchev–Trinajstić information content (AvgIpc) is 2.24. The summed E-state index contributed by atoms with van der Waals surface area (Å²) >= 11 is 0. The Labute approximate surface area is 94.2 Å². The fourth-order valence-corrected chi connectivity index (χ4v) is 1.27. The molecular weight excluding hydrogens is 208 g/mol. The Bertz CT molecular complexity index is 368. The monoisotopic (exact) mass is 224 g/mol. The fraction of sp³-hybridized carbons (Fsp3) is 0.500. The molecule has 0 aromatic carbocycles. The molecule has 0 atom stereocenters. The van der Waals surface area contributed by atoms with E-state index in [0.29, 0.717) is 12.4 Å². The standard InChI is InChI=1S/C10H16N4O2/c1-3-11-6-7-12-10-9(14(15)16)5-4-8(2)13-10/h4-5,11H,3,6-7H2,1-2H3,(H,12,13). The van der Waals surface area contributed by atoms with Gasteiger partial charge in [-0.05, 0) is 19.5 Å². The number of nitrogens with one attached hydrogen (secondary N) is 2. The molecule has 88 valence electrons. The predicted molar refractivity (Wildman–Crippen MR) is 62.7 cm³/mol. The van der Waals surface area contributed by atoms with Gasteiger partial charge in [0.1, 0.15) is 0 Å². The summed E-state index contributed by atoms with van der Waals surface area (Å²) in [5.41, 5.74) is 0.777. The zero-order valence-corrected chi connectivity index (χ0v) is 9.49. The highest BCUT2D eigenvalue weighted by Crippen LogP contribution is 2.21. The van der Waals surface area contributed by atoms with E-state index in [1.807, 2.05) is 6.92 Å². The number of anilines is 1. The van der Waals surface area contributed by atoms with Crippen molar-refractivity contribution in [1.82, 2.24) is 10.3 Å². The number of nitro groups is 1. The predicted octanol–water partition coefficient (Wildman–Crippen LogP) is 1.32. The first-order valence-electron chi connectivity index (χ1n) is 5.21. The molecule has 1 heterocycles. The van der Waals surface area contributed by atoms with Crippen LogP contribution < -0.4 is 10.6 Å². The number of aromatic nitrogens is 1. The topological polar surface area (TPSA) is 80.1 Å². The number of hydrogen-bond donors (Lipinski definition) is 2. The van der Waals surface area contributed by atoms with Gasteiger partial charge < -0.3 is 10.6 Å². The third-order valence-corrected chi connectivity index (χ3v) is 2.05. The van der Waals surface area contributed by atoms with Gasteiger partial charge in [0.25, 0.3) is 0 Å². The molecule has 0 saturated heterocycles. The Hall–Kier alpha value is -1.69. The molecule has 0 fully saturated rings. The maximum absolute atomic E-state index is 10.7. The molecule has 1 aromatic rings. The second kappa shape index (κ2) is 6.02. The summed E-state index contributed by atoms with van der Waals surface area (Å²) in [4.78, 5) is 14.4. The smallest absolute Gasteiger partial charge is 0.311 e. The number of hydrogen-bond acceptors (Lipinski definition) is 5. The van der Waals surface area contributed by atoms with Gasteiger partial charge in [0, 0.05) is 24.8 Å². The van der Waals surface area contributed by atoms with Crippen LogP contribution in [-0.2, 0) is 0 Å². The third kappa shape index (κ3) is 3.47. The second-order valence-electron chi connectivity index (χ2n) is 3.36. The SMILES string of the molecule is CCNCCNc1nc(C)ccc1[N+](=O)[O-]. The molecule has 0 spiro atoms. The molecule has 1 aromatic heterocycles. The van der Waals surface area contributed by atoms with Gasteiger partial charge in [-0.3, -0.25) is 10.1 Å². The largest absolute Gasteiger partial charge is 0.363 e. The number of likely N-dealkylation sites (N-methyl/N-ethyl adjacent to an activating group) is 1. The van der Waals surface area contributed by atoms with Crippen LogP contribution in [-0.4, -0.2) is 29.5 Å². The van der Waals surface area contributed by atoms with E-state index in [4.69, 9.17) is 0 Å². The zero-order valence-electron chi connectivity index (χ0n) is 9.49. The molecule has 0 amide bonds. The normalized spacial score (nSPS) is 10.1. The van der Waals surface area contributed by atoms with E-state index in [9.17, 15) is 10.1 Å². The first-order chi connectivity index (χ1) is 7.65. The van der Waals surface area contributed by atoms with Crippen molar-refractivity contribution in [3.8, 4) is 0 Å². The van der Waals surface area contributed by atoms with Crippen molar-refractivity contribution in [2.24, 2.45) is 0 Å². The van der Waals surface area contributed by atoms with Crippen molar-refractivity contribution in [1.29, 1.82) is 0 Å². The van der Waals surface area contributed by atoms with E-state index in [1.54, 1.807) is 13.0 Å². The summed E-state index contributed by atoms with van der Waals surface area (Å²) in [5.74, 6) is 0.336. The minimum absolute atomic E-state index is 0.0158. The molecule has 0 aliphatic carbocycles. The molecule has 16 heavy (non-hydrogen) atoms. The maximum Gasteiger partial charge on any atom is 0.311 e. The lowest BCUT2D eigenvalue weighted by Gasteiger charge is -2.06. The number of aryl methyl sites for hydroxylation is 1. The van der Waals surface area contributed by atoms with Crippen molar-refractivity contribution in [2.45, 2.75) is 13.8 Å². The number of pyridine rings is 1. The van der Waals surface area contributed by atoms with Crippen LogP contribution in [0.25, 0.3) is 0 Å². The van der Waals surface area contributed by atoms with Crippen LogP contribution >= 0.6 is 0 Å². The van der Waals surface area contributed by atoms with Gasteiger partial charge in [0.2, 0.25) is 5.82 Å². The van der Waals surface area contributed by atoms with Crippen LogP contribution in [0.2, 0.25) is 0 Å². The van der Waals surface area contributed by atoms with Gasteiger partial charge in [-0.1, -0.05) is 6.92 Å². The Morgan fingerprint density at radius 1 is 1.44 bits per heavy atom. The van der Waals surface area contributed by atoms with Crippen LogP contribution in [0.15, 0.2) is 12.1 Å². The van der Waals surface area contributed by atoms with Crippen LogP contribution in [0.3, 0.4) is 0 Å². The quantitative estimate of drug-likeness (QED) is 0.433. The lowest BCUT2D eigenvalue weighted by Crippen LogP contribution is -2.22. The molecule has 6 nitrogen and oxygen atoms in total. The van der Waals surface area contributed by atoms with Gasteiger partial charge in [-0.15, -0.1) is 0 Å². The van der Waals surface area contributed by atoms with E-state index in [2.05, 4.69) is 15.6 Å². The molecule has 6 heteroatoms. The molecule has 1 rings (SSSR count). The van der Waals surface area contributed by atoms with E-state index in [1.165, 1.54) is 6.07 Å². The third-order valence-electron chi connectivity index (χ3n) is 2.05. The summed E-state index contributed by atoms with van der Waals surface area (Å²) in [7, 11) is 0. The van der Waals surface area contributed by atoms with E-state index in [0.717, 1.165) is 18.8 Å². The van der Waals surface area contributed by atoms with Gasteiger partial charge in [-0.2, -0.15) is 0 Å².